The first-order valence-electron chi connectivity index (χ1n) is 6.02. The summed E-state index contributed by atoms with van der Waals surface area (Å²) in [5, 5.41) is 0.601. The summed E-state index contributed by atoms with van der Waals surface area (Å²) in [7, 11) is 1.58. The lowest BCUT2D eigenvalue weighted by molar-refractivity contribution is -0.126. The number of ketones is 1. The van der Waals surface area contributed by atoms with Gasteiger partial charge in [0, 0.05) is 29.0 Å². The van der Waals surface area contributed by atoms with Gasteiger partial charge in [-0.3, -0.25) is 4.79 Å². The van der Waals surface area contributed by atoms with E-state index in [1.165, 1.54) is 0 Å². The topological polar surface area (TPSA) is 52.3 Å². The number of carbonyl (C=O) groups is 1. The van der Waals surface area contributed by atoms with Crippen molar-refractivity contribution >= 4 is 17.4 Å². The average molecular weight is 270 g/mol. The van der Waals surface area contributed by atoms with Crippen LogP contribution in [0.1, 0.15) is 25.8 Å². The van der Waals surface area contributed by atoms with Gasteiger partial charge in [-0.05, 0) is 24.6 Å². The van der Waals surface area contributed by atoms with Crippen LogP contribution in [0.3, 0.4) is 0 Å². The molecular formula is C14H20ClNO2. The van der Waals surface area contributed by atoms with E-state index in [-0.39, 0.29) is 5.78 Å². The highest BCUT2D eigenvalue weighted by Crippen LogP contribution is 2.28. The second-order valence-electron chi connectivity index (χ2n) is 4.67. The van der Waals surface area contributed by atoms with Crippen LogP contribution in [0.25, 0.3) is 0 Å². The summed E-state index contributed by atoms with van der Waals surface area (Å²) in [4.78, 5) is 12.3. The molecule has 1 unspecified atom stereocenters. The summed E-state index contributed by atoms with van der Waals surface area (Å²) in [6.45, 7) is 4.22. The molecular weight excluding hydrogens is 250 g/mol. The van der Waals surface area contributed by atoms with Gasteiger partial charge < -0.3 is 10.5 Å². The van der Waals surface area contributed by atoms with Crippen LogP contribution in [-0.2, 0) is 11.2 Å². The number of halogens is 1. The lowest BCUT2D eigenvalue weighted by Crippen LogP contribution is -2.36. The van der Waals surface area contributed by atoms with Gasteiger partial charge in [-0.25, -0.2) is 0 Å². The summed E-state index contributed by atoms with van der Waals surface area (Å²) < 4.78 is 5.24. The van der Waals surface area contributed by atoms with Gasteiger partial charge in [-0.2, -0.15) is 0 Å². The molecule has 0 saturated heterocycles. The fourth-order valence-electron chi connectivity index (χ4n) is 1.73. The zero-order valence-corrected chi connectivity index (χ0v) is 11.9. The van der Waals surface area contributed by atoms with Crippen LogP contribution in [0.4, 0.5) is 0 Å². The minimum absolute atomic E-state index is 0.119. The molecule has 0 aliphatic heterocycles. The molecule has 0 aliphatic carbocycles. The molecule has 18 heavy (non-hydrogen) atoms. The Bertz CT molecular complexity index is 428. The predicted molar refractivity (Wildman–Crippen MR) is 74.2 cm³/mol. The largest absolute Gasteiger partial charge is 0.496 e. The van der Waals surface area contributed by atoms with Crippen LogP contribution < -0.4 is 10.5 Å². The van der Waals surface area contributed by atoms with Crippen molar-refractivity contribution in [2.45, 2.75) is 26.7 Å². The molecule has 1 aromatic carbocycles. The minimum atomic E-state index is -0.479. The molecule has 0 fully saturated rings. The van der Waals surface area contributed by atoms with Crippen molar-refractivity contribution in [1.29, 1.82) is 0 Å². The third-order valence-corrected chi connectivity index (χ3v) is 3.73. The molecule has 0 aliphatic rings. The van der Waals surface area contributed by atoms with Crippen molar-refractivity contribution in [3.8, 4) is 5.75 Å². The van der Waals surface area contributed by atoms with Crippen LogP contribution >= 0.6 is 11.6 Å². The lowest BCUT2D eigenvalue weighted by atomic mass is 9.80. The summed E-state index contributed by atoms with van der Waals surface area (Å²) in [5.41, 5.74) is 6.02. The van der Waals surface area contributed by atoms with E-state index in [1.54, 1.807) is 25.3 Å². The summed E-state index contributed by atoms with van der Waals surface area (Å²) in [6.07, 6.45) is 1.02. The molecule has 0 aromatic heterocycles. The Morgan fingerprint density at radius 3 is 2.67 bits per heavy atom. The van der Waals surface area contributed by atoms with Gasteiger partial charge in [-0.1, -0.05) is 25.4 Å². The smallest absolute Gasteiger partial charge is 0.144 e. The Labute approximate surface area is 113 Å². The van der Waals surface area contributed by atoms with Crippen molar-refractivity contribution in [2.75, 3.05) is 13.7 Å². The Morgan fingerprint density at radius 2 is 2.17 bits per heavy atom. The van der Waals surface area contributed by atoms with Crippen molar-refractivity contribution in [3.63, 3.8) is 0 Å². The highest BCUT2D eigenvalue weighted by Gasteiger charge is 2.29. The standard InChI is InChI=1S/C14H20ClNO2/c1-4-14(2,9-16)13(17)8-10-7-11(15)5-6-12(10)18-3/h5-7H,4,8-9,16H2,1-3H3. The van der Waals surface area contributed by atoms with Crippen LogP contribution in [0.15, 0.2) is 18.2 Å². The number of ether oxygens (including phenoxy) is 1. The number of benzene rings is 1. The fourth-order valence-corrected chi connectivity index (χ4v) is 1.92. The molecule has 2 N–H and O–H groups in total. The summed E-state index contributed by atoms with van der Waals surface area (Å²) >= 11 is 5.95. The molecule has 0 spiro atoms. The molecule has 1 aromatic rings. The SMILES string of the molecule is CCC(C)(CN)C(=O)Cc1cc(Cl)ccc1OC. The number of methoxy groups -OCH3 is 1. The molecule has 100 valence electrons. The van der Waals surface area contributed by atoms with E-state index in [0.717, 1.165) is 12.0 Å². The number of Topliss-reactive ketones (excluding diaryl/α,β-unsaturated/α-hetero) is 1. The highest BCUT2D eigenvalue weighted by atomic mass is 35.5. The first-order valence-corrected chi connectivity index (χ1v) is 6.40. The Balaban J connectivity index is 2.97. The van der Waals surface area contributed by atoms with E-state index in [0.29, 0.717) is 23.7 Å². The van der Waals surface area contributed by atoms with Gasteiger partial charge in [-0.15, -0.1) is 0 Å². The van der Waals surface area contributed by atoms with Gasteiger partial charge in [0.25, 0.3) is 0 Å². The number of nitrogens with two attached hydrogens (primary N) is 1. The predicted octanol–water partition coefficient (Wildman–Crippen LogP) is 2.84. The number of hydrogen-bond donors (Lipinski definition) is 1. The second-order valence-corrected chi connectivity index (χ2v) is 5.11. The van der Waals surface area contributed by atoms with E-state index in [9.17, 15) is 4.79 Å². The Morgan fingerprint density at radius 1 is 1.50 bits per heavy atom. The van der Waals surface area contributed by atoms with Gasteiger partial charge >= 0.3 is 0 Å². The average Bonchev–Trinajstić information content (AvgIpc) is 2.38. The van der Waals surface area contributed by atoms with E-state index < -0.39 is 5.41 Å². The third-order valence-electron chi connectivity index (χ3n) is 3.50. The van der Waals surface area contributed by atoms with E-state index in [1.807, 2.05) is 13.8 Å². The van der Waals surface area contributed by atoms with Gasteiger partial charge in [0.2, 0.25) is 0 Å². The van der Waals surface area contributed by atoms with Crippen molar-refractivity contribution < 1.29 is 9.53 Å². The van der Waals surface area contributed by atoms with Crippen LogP contribution in [-0.4, -0.2) is 19.4 Å². The monoisotopic (exact) mass is 269 g/mol. The maximum Gasteiger partial charge on any atom is 0.144 e. The Kier molecular flexibility index (Phi) is 5.17. The lowest BCUT2D eigenvalue weighted by Gasteiger charge is -2.25. The molecule has 0 saturated carbocycles. The maximum absolute atomic E-state index is 12.3. The number of hydrogen-bond acceptors (Lipinski definition) is 3. The molecule has 3 nitrogen and oxygen atoms in total. The van der Waals surface area contributed by atoms with Crippen molar-refractivity contribution in [2.24, 2.45) is 11.1 Å². The number of carbonyl (C=O) groups excluding carboxylic acids is 1. The van der Waals surface area contributed by atoms with Gasteiger partial charge in [0.15, 0.2) is 0 Å². The van der Waals surface area contributed by atoms with Crippen LogP contribution in [0.2, 0.25) is 5.02 Å². The summed E-state index contributed by atoms with van der Waals surface area (Å²) in [6, 6.07) is 5.29. The second kappa shape index (κ2) is 6.21. The van der Waals surface area contributed by atoms with Crippen molar-refractivity contribution in [3.05, 3.63) is 28.8 Å². The van der Waals surface area contributed by atoms with E-state index in [4.69, 9.17) is 22.1 Å². The van der Waals surface area contributed by atoms with E-state index in [2.05, 4.69) is 0 Å². The molecule has 0 heterocycles. The van der Waals surface area contributed by atoms with Gasteiger partial charge in [0.05, 0.1) is 7.11 Å². The minimum Gasteiger partial charge on any atom is -0.496 e. The third kappa shape index (κ3) is 3.24. The number of rotatable bonds is 6. The first-order chi connectivity index (χ1) is 8.46. The molecule has 1 atom stereocenters. The molecule has 4 heteroatoms. The van der Waals surface area contributed by atoms with E-state index >= 15 is 0 Å². The fraction of sp³-hybridized carbons (Fsp3) is 0.500. The molecule has 0 amide bonds. The van der Waals surface area contributed by atoms with Gasteiger partial charge in [0.1, 0.15) is 11.5 Å². The molecule has 0 bridgehead atoms. The summed E-state index contributed by atoms with van der Waals surface area (Å²) in [5.74, 6) is 0.802. The zero-order chi connectivity index (χ0) is 13.8. The quantitative estimate of drug-likeness (QED) is 0.864. The highest BCUT2D eigenvalue weighted by molar-refractivity contribution is 6.30. The van der Waals surface area contributed by atoms with Crippen LogP contribution in [0, 0.1) is 5.41 Å². The van der Waals surface area contributed by atoms with Crippen LogP contribution in [0.5, 0.6) is 5.75 Å². The normalized spacial score (nSPS) is 14.1. The Hall–Kier alpha value is -1.06. The first kappa shape index (κ1) is 15.0. The molecule has 1 rings (SSSR count). The molecule has 0 radical (unpaired) electrons. The zero-order valence-electron chi connectivity index (χ0n) is 11.1. The van der Waals surface area contributed by atoms with Crippen molar-refractivity contribution in [1.82, 2.24) is 0 Å². The maximum atomic E-state index is 12.3.